The molecule has 1 saturated carbocycles. The summed E-state index contributed by atoms with van der Waals surface area (Å²) in [4.78, 5) is 0. The Morgan fingerprint density at radius 1 is 0.929 bits per heavy atom. The summed E-state index contributed by atoms with van der Waals surface area (Å²) in [7, 11) is 0. The molecule has 0 bridgehead atoms. The molecule has 0 radical (unpaired) electrons. The lowest BCUT2D eigenvalue weighted by Gasteiger charge is -2.32. The first-order valence-corrected chi connectivity index (χ1v) is 11.5. The van der Waals surface area contributed by atoms with Crippen LogP contribution in [0, 0.1) is 23.7 Å². The molecular formula is C27H39F. The van der Waals surface area contributed by atoms with Crippen LogP contribution < -0.4 is 0 Å². The van der Waals surface area contributed by atoms with Gasteiger partial charge in [0.15, 0.2) is 0 Å². The van der Waals surface area contributed by atoms with Crippen LogP contribution in [0.2, 0.25) is 0 Å². The van der Waals surface area contributed by atoms with Gasteiger partial charge in [0.05, 0.1) is 6.67 Å². The second-order valence-electron chi connectivity index (χ2n) is 9.79. The van der Waals surface area contributed by atoms with E-state index in [1.165, 1.54) is 48.8 Å². The molecule has 28 heavy (non-hydrogen) atoms. The second kappa shape index (κ2) is 9.90. The zero-order valence-corrected chi connectivity index (χ0v) is 18.4. The first kappa shape index (κ1) is 21.3. The van der Waals surface area contributed by atoms with E-state index in [2.05, 4.69) is 57.2 Å². The summed E-state index contributed by atoms with van der Waals surface area (Å²) < 4.78 is 12.7. The number of rotatable bonds is 7. The van der Waals surface area contributed by atoms with Crippen LogP contribution in [0.3, 0.4) is 0 Å². The quantitative estimate of drug-likeness (QED) is 0.444. The maximum Gasteiger partial charge on any atom is 0.0919 e. The number of benzene rings is 1. The topological polar surface area (TPSA) is 0 Å². The molecule has 1 aromatic rings. The maximum absolute atomic E-state index is 12.7. The summed E-state index contributed by atoms with van der Waals surface area (Å²) in [5.74, 6) is 3.04. The highest BCUT2D eigenvalue weighted by atomic mass is 19.1. The first-order chi connectivity index (χ1) is 13.5. The predicted molar refractivity (Wildman–Crippen MR) is 120 cm³/mol. The monoisotopic (exact) mass is 382 g/mol. The van der Waals surface area contributed by atoms with Crippen molar-refractivity contribution in [2.45, 2.75) is 78.6 Å². The Labute approximate surface area is 172 Å². The smallest absolute Gasteiger partial charge is 0.0919 e. The summed E-state index contributed by atoms with van der Waals surface area (Å²) >= 11 is 0. The fourth-order valence-corrected chi connectivity index (χ4v) is 4.99. The highest BCUT2D eigenvalue weighted by Crippen LogP contribution is 2.40. The maximum atomic E-state index is 12.7. The molecule has 0 nitrogen and oxygen atoms in total. The van der Waals surface area contributed by atoms with E-state index >= 15 is 0 Å². The van der Waals surface area contributed by atoms with Crippen molar-refractivity contribution in [3.05, 3.63) is 53.1 Å². The van der Waals surface area contributed by atoms with Gasteiger partial charge in [0.1, 0.15) is 0 Å². The highest BCUT2D eigenvalue weighted by Gasteiger charge is 2.25. The fraction of sp³-hybridized carbons (Fsp3) is 0.630. The van der Waals surface area contributed by atoms with Gasteiger partial charge in [0.25, 0.3) is 0 Å². The summed E-state index contributed by atoms with van der Waals surface area (Å²) in [6.07, 6.45) is 13.7. The Bertz CT molecular complexity index is 673. The van der Waals surface area contributed by atoms with E-state index in [9.17, 15) is 4.39 Å². The fourth-order valence-electron chi connectivity index (χ4n) is 4.99. The Morgan fingerprint density at radius 3 is 2.21 bits per heavy atom. The van der Waals surface area contributed by atoms with Crippen molar-refractivity contribution in [2.75, 3.05) is 6.67 Å². The molecule has 0 aliphatic heterocycles. The Kier molecular flexibility index (Phi) is 7.55. The normalized spacial score (nSPS) is 27.7. The lowest BCUT2D eigenvalue weighted by Crippen LogP contribution is -2.17. The molecule has 0 spiro atoms. The average Bonchev–Trinajstić information content (AvgIpc) is 2.72. The van der Waals surface area contributed by atoms with Crippen molar-refractivity contribution in [3.63, 3.8) is 0 Å². The Balaban J connectivity index is 1.64. The molecule has 1 aromatic carbocycles. The number of hydrogen-bond donors (Lipinski definition) is 0. The van der Waals surface area contributed by atoms with Crippen LogP contribution in [-0.2, 0) is 0 Å². The molecule has 3 unspecified atom stereocenters. The molecule has 3 atom stereocenters. The third-order valence-corrected chi connectivity index (χ3v) is 7.26. The van der Waals surface area contributed by atoms with Crippen molar-refractivity contribution < 1.29 is 4.39 Å². The van der Waals surface area contributed by atoms with Gasteiger partial charge >= 0.3 is 0 Å². The first-order valence-electron chi connectivity index (χ1n) is 11.5. The Morgan fingerprint density at radius 2 is 1.61 bits per heavy atom. The molecule has 0 amide bonds. The van der Waals surface area contributed by atoms with Crippen LogP contribution in [-0.4, -0.2) is 6.67 Å². The molecule has 2 aliphatic rings. The summed E-state index contributed by atoms with van der Waals surface area (Å²) in [6, 6.07) is 9.17. The number of hydrogen-bond acceptors (Lipinski definition) is 0. The van der Waals surface area contributed by atoms with Crippen LogP contribution in [0.5, 0.6) is 0 Å². The van der Waals surface area contributed by atoms with Gasteiger partial charge in [-0.2, -0.15) is 0 Å². The standard InChI is InChI=1S/C27H39F/c1-19-6-9-24(10-7-19)26-15-16-27(22(4)17-26)25-13-11-23(12-14-25)21(3)8-5-20(2)18-28/h11-16,19-22,24H,5-10,17-18H2,1-4H3. The van der Waals surface area contributed by atoms with E-state index in [0.29, 0.717) is 11.8 Å². The van der Waals surface area contributed by atoms with Crippen LogP contribution in [0.1, 0.15) is 89.7 Å². The van der Waals surface area contributed by atoms with E-state index in [4.69, 9.17) is 0 Å². The van der Waals surface area contributed by atoms with E-state index in [-0.39, 0.29) is 12.6 Å². The predicted octanol–water partition coefficient (Wildman–Crippen LogP) is 8.35. The van der Waals surface area contributed by atoms with Gasteiger partial charge in [0, 0.05) is 0 Å². The largest absolute Gasteiger partial charge is 0.251 e. The molecule has 1 heteroatoms. The zero-order chi connectivity index (χ0) is 20.1. The van der Waals surface area contributed by atoms with Crippen molar-refractivity contribution >= 4 is 5.57 Å². The van der Waals surface area contributed by atoms with Crippen LogP contribution in [0.25, 0.3) is 5.57 Å². The Hall–Kier alpha value is -1.37. The van der Waals surface area contributed by atoms with Gasteiger partial charge in [0.2, 0.25) is 0 Å². The minimum atomic E-state index is -0.201. The molecule has 154 valence electrons. The van der Waals surface area contributed by atoms with Crippen LogP contribution in [0.15, 0.2) is 42.0 Å². The van der Waals surface area contributed by atoms with Gasteiger partial charge in [-0.1, -0.05) is 82.5 Å². The van der Waals surface area contributed by atoms with Crippen LogP contribution in [0.4, 0.5) is 4.39 Å². The molecule has 0 N–H and O–H groups in total. The van der Waals surface area contributed by atoms with E-state index in [1.54, 1.807) is 5.57 Å². The van der Waals surface area contributed by atoms with Crippen LogP contribution >= 0.6 is 0 Å². The summed E-state index contributed by atoms with van der Waals surface area (Å²) in [5, 5.41) is 0. The highest BCUT2D eigenvalue weighted by molar-refractivity contribution is 5.70. The third-order valence-electron chi connectivity index (χ3n) is 7.26. The van der Waals surface area contributed by atoms with Crippen molar-refractivity contribution in [2.24, 2.45) is 23.7 Å². The molecule has 3 rings (SSSR count). The molecule has 1 fully saturated rings. The lowest BCUT2D eigenvalue weighted by molar-refractivity contribution is 0.313. The van der Waals surface area contributed by atoms with Gasteiger partial charge in [-0.05, 0) is 78.4 Å². The zero-order valence-electron chi connectivity index (χ0n) is 18.4. The van der Waals surface area contributed by atoms with Gasteiger partial charge in [-0.15, -0.1) is 0 Å². The van der Waals surface area contributed by atoms with Crippen molar-refractivity contribution in [3.8, 4) is 0 Å². The molecular weight excluding hydrogens is 343 g/mol. The average molecular weight is 383 g/mol. The number of alkyl halides is 1. The second-order valence-corrected chi connectivity index (χ2v) is 9.79. The van der Waals surface area contributed by atoms with Gasteiger partial charge < -0.3 is 0 Å². The molecule has 2 aliphatic carbocycles. The molecule has 0 heterocycles. The van der Waals surface area contributed by atoms with Crippen molar-refractivity contribution in [1.29, 1.82) is 0 Å². The van der Waals surface area contributed by atoms with E-state index < -0.39 is 0 Å². The third kappa shape index (κ3) is 5.37. The van der Waals surface area contributed by atoms with Gasteiger partial charge in [-0.25, -0.2) is 0 Å². The summed E-state index contributed by atoms with van der Waals surface area (Å²) in [6.45, 7) is 8.86. The van der Waals surface area contributed by atoms with Gasteiger partial charge in [-0.3, -0.25) is 4.39 Å². The van der Waals surface area contributed by atoms with E-state index in [0.717, 1.165) is 24.7 Å². The minimum absolute atomic E-state index is 0.184. The molecule has 0 aromatic heterocycles. The molecule has 0 saturated heterocycles. The lowest BCUT2D eigenvalue weighted by atomic mass is 9.74. The number of halogens is 1. The SMILES string of the molecule is CC(CF)CCC(C)c1ccc(C2=CC=C(C3CCC(C)CC3)CC2C)cc1. The van der Waals surface area contributed by atoms with Crippen molar-refractivity contribution in [1.82, 2.24) is 0 Å². The number of allylic oxidation sites excluding steroid dienone is 4. The summed E-state index contributed by atoms with van der Waals surface area (Å²) in [5.41, 5.74) is 5.92. The van der Waals surface area contributed by atoms with E-state index in [1.807, 2.05) is 6.92 Å². The minimum Gasteiger partial charge on any atom is -0.251 e.